The minimum Gasteiger partial charge on any atom is -0.383 e. The van der Waals surface area contributed by atoms with Crippen LogP contribution in [-0.4, -0.2) is 59.1 Å². The Kier molecular flexibility index (Phi) is 7.16. The Bertz CT molecular complexity index is 501. The highest BCUT2D eigenvalue weighted by Crippen LogP contribution is 2.21. The van der Waals surface area contributed by atoms with Crippen LogP contribution in [0, 0.1) is 0 Å². The number of morpholine rings is 1. The number of hydrogen-bond donors (Lipinski definition) is 2. The van der Waals surface area contributed by atoms with Gasteiger partial charge in [0.2, 0.25) is 0 Å². The van der Waals surface area contributed by atoms with Crippen LogP contribution in [0.2, 0.25) is 0 Å². The van der Waals surface area contributed by atoms with Crippen molar-refractivity contribution in [1.82, 2.24) is 10.6 Å². The standard InChI is InChI=1S/C17H28N4O2/c1-14(13-22-3)20-17(18-2)19-12-15-6-4-5-7-16(15)21-8-10-23-11-9-21/h4-7,14H,8-13H2,1-3H3,(H2,18,19,20). The molecule has 1 aromatic carbocycles. The summed E-state index contributed by atoms with van der Waals surface area (Å²) in [6.07, 6.45) is 0. The molecule has 1 saturated heterocycles. The summed E-state index contributed by atoms with van der Waals surface area (Å²) in [6, 6.07) is 8.70. The number of hydrogen-bond acceptors (Lipinski definition) is 4. The summed E-state index contributed by atoms with van der Waals surface area (Å²) >= 11 is 0. The predicted molar refractivity (Wildman–Crippen MR) is 94.1 cm³/mol. The van der Waals surface area contributed by atoms with Gasteiger partial charge in [-0.15, -0.1) is 0 Å². The Labute approximate surface area is 138 Å². The van der Waals surface area contributed by atoms with Crippen molar-refractivity contribution in [2.75, 3.05) is 52.0 Å². The van der Waals surface area contributed by atoms with Crippen molar-refractivity contribution in [2.45, 2.75) is 19.5 Å². The SMILES string of the molecule is CN=C(NCc1ccccc1N1CCOCC1)NC(C)COC. The molecule has 1 aliphatic heterocycles. The smallest absolute Gasteiger partial charge is 0.191 e. The zero-order chi connectivity index (χ0) is 16.5. The summed E-state index contributed by atoms with van der Waals surface area (Å²) in [6.45, 7) is 6.90. The molecule has 0 aliphatic carbocycles. The van der Waals surface area contributed by atoms with Crippen molar-refractivity contribution in [2.24, 2.45) is 4.99 Å². The zero-order valence-corrected chi connectivity index (χ0v) is 14.3. The maximum atomic E-state index is 5.45. The average Bonchev–Trinajstić information content (AvgIpc) is 2.60. The first-order valence-electron chi connectivity index (χ1n) is 8.11. The lowest BCUT2D eigenvalue weighted by Gasteiger charge is -2.30. The van der Waals surface area contributed by atoms with Crippen LogP contribution in [0.3, 0.4) is 0 Å². The van der Waals surface area contributed by atoms with Crippen LogP contribution in [0.5, 0.6) is 0 Å². The number of ether oxygens (including phenoxy) is 2. The van der Waals surface area contributed by atoms with Gasteiger partial charge in [0.05, 0.1) is 19.8 Å². The molecule has 0 saturated carbocycles. The Balaban J connectivity index is 1.96. The molecule has 1 atom stereocenters. The van der Waals surface area contributed by atoms with Crippen molar-refractivity contribution < 1.29 is 9.47 Å². The van der Waals surface area contributed by atoms with Gasteiger partial charge in [-0.05, 0) is 18.6 Å². The Morgan fingerprint density at radius 2 is 2.09 bits per heavy atom. The lowest BCUT2D eigenvalue weighted by atomic mass is 10.1. The average molecular weight is 320 g/mol. The molecule has 0 amide bonds. The first-order chi connectivity index (χ1) is 11.2. The molecule has 23 heavy (non-hydrogen) atoms. The molecule has 1 unspecified atom stereocenters. The zero-order valence-electron chi connectivity index (χ0n) is 14.3. The molecule has 1 aromatic rings. The molecule has 6 heteroatoms. The molecular weight excluding hydrogens is 292 g/mol. The summed E-state index contributed by atoms with van der Waals surface area (Å²) in [5.74, 6) is 0.784. The number of anilines is 1. The summed E-state index contributed by atoms with van der Waals surface area (Å²) < 4.78 is 10.6. The van der Waals surface area contributed by atoms with Crippen LogP contribution in [0.4, 0.5) is 5.69 Å². The molecule has 0 radical (unpaired) electrons. The third-order valence-corrected chi connectivity index (χ3v) is 3.81. The van der Waals surface area contributed by atoms with Crippen molar-refractivity contribution >= 4 is 11.6 Å². The summed E-state index contributed by atoms with van der Waals surface area (Å²) in [7, 11) is 3.48. The normalized spacial score (nSPS) is 17.0. The molecule has 1 aliphatic rings. The maximum absolute atomic E-state index is 5.45. The summed E-state index contributed by atoms with van der Waals surface area (Å²) in [5.41, 5.74) is 2.53. The Morgan fingerprint density at radius 3 is 2.78 bits per heavy atom. The monoisotopic (exact) mass is 320 g/mol. The van der Waals surface area contributed by atoms with Crippen LogP contribution in [0.1, 0.15) is 12.5 Å². The van der Waals surface area contributed by atoms with Gasteiger partial charge in [-0.2, -0.15) is 0 Å². The van der Waals surface area contributed by atoms with Crippen LogP contribution in [0.25, 0.3) is 0 Å². The fourth-order valence-corrected chi connectivity index (χ4v) is 2.67. The quantitative estimate of drug-likeness (QED) is 0.610. The van der Waals surface area contributed by atoms with E-state index in [1.165, 1.54) is 11.3 Å². The molecule has 0 bridgehead atoms. The van der Waals surface area contributed by atoms with Gasteiger partial charge in [-0.25, -0.2) is 0 Å². The van der Waals surface area contributed by atoms with Gasteiger partial charge in [0.15, 0.2) is 5.96 Å². The molecule has 6 nitrogen and oxygen atoms in total. The van der Waals surface area contributed by atoms with E-state index in [2.05, 4.69) is 51.7 Å². The minimum absolute atomic E-state index is 0.209. The van der Waals surface area contributed by atoms with E-state index in [0.717, 1.165) is 38.8 Å². The number of methoxy groups -OCH3 is 1. The topological polar surface area (TPSA) is 58.1 Å². The number of aliphatic imine (C=N–C) groups is 1. The highest BCUT2D eigenvalue weighted by molar-refractivity contribution is 5.80. The second-order valence-electron chi connectivity index (χ2n) is 5.65. The van der Waals surface area contributed by atoms with Crippen LogP contribution < -0.4 is 15.5 Å². The minimum atomic E-state index is 0.209. The highest BCUT2D eigenvalue weighted by atomic mass is 16.5. The molecule has 1 fully saturated rings. The van der Waals surface area contributed by atoms with E-state index in [-0.39, 0.29) is 6.04 Å². The van der Waals surface area contributed by atoms with Crippen LogP contribution >= 0.6 is 0 Å². The second kappa shape index (κ2) is 9.37. The largest absolute Gasteiger partial charge is 0.383 e. The highest BCUT2D eigenvalue weighted by Gasteiger charge is 2.14. The molecule has 2 N–H and O–H groups in total. The fraction of sp³-hybridized carbons (Fsp3) is 0.588. The third-order valence-electron chi connectivity index (χ3n) is 3.81. The van der Waals surface area contributed by atoms with Crippen LogP contribution in [0.15, 0.2) is 29.3 Å². The van der Waals surface area contributed by atoms with E-state index in [0.29, 0.717) is 6.61 Å². The number of para-hydroxylation sites is 1. The molecule has 2 rings (SSSR count). The first kappa shape index (κ1) is 17.6. The van der Waals surface area contributed by atoms with Gasteiger partial charge in [-0.3, -0.25) is 4.99 Å². The van der Waals surface area contributed by atoms with Crippen molar-refractivity contribution in [3.05, 3.63) is 29.8 Å². The van der Waals surface area contributed by atoms with Gasteiger partial charge < -0.3 is 25.0 Å². The van der Waals surface area contributed by atoms with E-state index >= 15 is 0 Å². The number of guanidine groups is 1. The van der Waals surface area contributed by atoms with Crippen LogP contribution in [-0.2, 0) is 16.0 Å². The molecular formula is C17H28N4O2. The number of nitrogens with one attached hydrogen (secondary N) is 2. The van der Waals surface area contributed by atoms with Crippen molar-refractivity contribution in [3.8, 4) is 0 Å². The summed E-state index contributed by atoms with van der Waals surface area (Å²) in [5, 5.41) is 6.70. The Hall–Kier alpha value is -1.79. The summed E-state index contributed by atoms with van der Waals surface area (Å²) in [4.78, 5) is 6.65. The maximum Gasteiger partial charge on any atom is 0.191 e. The van der Waals surface area contributed by atoms with Gasteiger partial charge in [0.25, 0.3) is 0 Å². The third kappa shape index (κ3) is 5.41. The van der Waals surface area contributed by atoms with Crippen molar-refractivity contribution in [3.63, 3.8) is 0 Å². The van der Waals surface area contributed by atoms with Gasteiger partial charge in [0, 0.05) is 45.5 Å². The van der Waals surface area contributed by atoms with E-state index in [1.807, 2.05) is 0 Å². The van der Waals surface area contributed by atoms with E-state index < -0.39 is 0 Å². The molecule has 1 heterocycles. The van der Waals surface area contributed by atoms with E-state index in [9.17, 15) is 0 Å². The first-order valence-corrected chi connectivity index (χ1v) is 8.11. The van der Waals surface area contributed by atoms with E-state index in [1.54, 1.807) is 14.2 Å². The number of rotatable bonds is 6. The van der Waals surface area contributed by atoms with Gasteiger partial charge in [-0.1, -0.05) is 18.2 Å². The predicted octanol–water partition coefficient (Wildman–Crippen LogP) is 1.22. The second-order valence-corrected chi connectivity index (χ2v) is 5.65. The van der Waals surface area contributed by atoms with Crippen molar-refractivity contribution in [1.29, 1.82) is 0 Å². The fourth-order valence-electron chi connectivity index (χ4n) is 2.67. The number of benzene rings is 1. The lowest BCUT2D eigenvalue weighted by molar-refractivity contribution is 0.122. The van der Waals surface area contributed by atoms with E-state index in [4.69, 9.17) is 9.47 Å². The lowest BCUT2D eigenvalue weighted by Crippen LogP contribution is -2.44. The number of nitrogens with zero attached hydrogens (tertiary/aromatic N) is 2. The Morgan fingerprint density at radius 1 is 1.35 bits per heavy atom. The molecule has 0 aromatic heterocycles. The molecule has 0 spiro atoms. The van der Waals surface area contributed by atoms with Gasteiger partial charge in [0.1, 0.15) is 0 Å². The molecule has 128 valence electrons. The van der Waals surface area contributed by atoms with Gasteiger partial charge >= 0.3 is 0 Å².